The largest absolute Gasteiger partial charge is 0.338 e. The maximum atomic E-state index is 12.8. The second-order valence-corrected chi connectivity index (χ2v) is 6.53. The van der Waals surface area contributed by atoms with Gasteiger partial charge in [-0.15, -0.1) is 0 Å². The summed E-state index contributed by atoms with van der Waals surface area (Å²) in [5, 5.41) is 3.43. The summed E-state index contributed by atoms with van der Waals surface area (Å²) in [5.41, 5.74) is 0. The van der Waals surface area contributed by atoms with Crippen LogP contribution >= 0.6 is 0 Å². The summed E-state index contributed by atoms with van der Waals surface area (Å²) in [6.45, 7) is 6.98. The summed E-state index contributed by atoms with van der Waals surface area (Å²) in [5.74, 6) is 1.62. The van der Waals surface area contributed by atoms with Gasteiger partial charge in [-0.25, -0.2) is 4.98 Å². The van der Waals surface area contributed by atoms with Crippen LogP contribution < -0.4 is 5.32 Å². The van der Waals surface area contributed by atoms with Crippen molar-refractivity contribution in [1.82, 2.24) is 19.8 Å². The van der Waals surface area contributed by atoms with E-state index in [0.717, 1.165) is 51.1 Å². The van der Waals surface area contributed by atoms with Gasteiger partial charge in [0.1, 0.15) is 5.82 Å². The van der Waals surface area contributed by atoms with Crippen molar-refractivity contribution in [2.24, 2.45) is 5.92 Å². The number of piperidine rings is 1. The predicted molar refractivity (Wildman–Crippen MR) is 81.9 cm³/mol. The topological polar surface area (TPSA) is 50.2 Å². The van der Waals surface area contributed by atoms with Gasteiger partial charge < -0.3 is 14.8 Å². The van der Waals surface area contributed by atoms with Gasteiger partial charge in [-0.05, 0) is 46.1 Å². The van der Waals surface area contributed by atoms with Gasteiger partial charge in [-0.2, -0.15) is 0 Å². The predicted octanol–water partition coefficient (Wildman–Crippen LogP) is 1.57. The van der Waals surface area contributed by atoms with E-state index in [2.05, 4.69) is 26.7 Å². The number of aryl methyl sites for hydroxylation is 1. The van der Waals surface area contributed by atoms with Crippen LogP contribution in [0.1, 0.15) is 38.4 Å². The number of hydrogen-bond donors (Lipinski definition) is 1. The normalized spacial score (nSPS) is 29.8. The third-order valence-corrected chi connectivity index (χ3v) is 4.96. The molecule has 21 heavy (non-hydrogen) atoms. The summed E-state index contributed by atoms with van der Waals surface area (Å²) in [6, 6.07) is 0.806. The monoisotopic (exact) mass is 290 g/mol. The minimum absolute atomic E-state index is 0.214. The second kappa shape index (κ2) is 6.18. The SMILES string of the molecule is Cc1nccn1CC1CCCN1C(=O)[C@H]1CCN[C@@H](C)C1. The van der Waals surface area contributed by atoms with Gasteiger partial charge in [0.05, 0.1) is 0 Å². The molecular weight excluding hydrogens is 264 g/mol. The Hall–Kier alpha value is -1.36. The van der Waals surface area contributed by atoms with E-state index in [9.17, 15) is 4.79 Å². The summed E-state index contributed by atoms with van der Waals surface area (Å²) in [6.07, 6.45) is 8.06. The average molecular weight is 290 g/mol. The van der Waals surface area contributed by atoms with Crippen molar-refractivity contribution in [1.29, 1.82) is 0 Å². The van der Waals surface area contributed by atoms with Crippen molar-refractivity contribution in [3.63, 3.8) is 0 Å². The van der Waals surface area contributed by atoms with Crippen LogP contribution in [0.2, 0.25) is 0 Å². The molecule has 5 nitrogen and oxygen atoms in total. The van der Waals surface area contributed by atoms with E-state index in [-0.39, 0.29) is 5.92 Å². The van der Waals surface area contributed by atoms with Crippen LogP contribution in [0.4, 0.5) is 0 Å². The number of likely N-dealkylation sites (tertiary alicyclic amines) is 1. The fourth-order valence-electron chi connectivity index (χ4n) is 3.73. The van der Waals surface area contributed by atoms with E-state index in [1.54, 1.807) is 0 Å². The van der Waals surface area contributed by atoms with E-state index in [0.29, 0.717) is 18.0 Å². The van der Waals surface area contributed by atoms with Crippen molar-refractivity contribution in [3.05, 3.63) is 18.2 Å². The number of carbonyl (C=O) groups excluding carboxylic acids is 1. The number of hydrogen-bond acceptors (Lipinski definition) is 3. The molecule has 0 saturated carbocycles. The Morgan fingerprint density at radius 2 is 2.33 bits per heavy atom. The Balaban J connectivity index is 1.66. The van der Waals surface area contributed by atoms with Gasteiger partial charge in [0.15, 0.2) is 0 Å². The van der Waals surface area contributed by atoms with Gasteiger partial charge in [0.2, 0.25) is 5.91 Å². The zero-order valence-electron chi connectivity index (χ0n) is 13.1. The van der Waals surface area contributed by atoms with Gasteiger partial charge in [-0.1, -0.05) is 0 Å². The molecule has 0 aliphatic carbocycles. The van der Waals surface area contributed by atoms with E-state index in [1.807, 2.05) is 19.3 Å². The molecule has 5 heteroatoms. The van der Waals surface area contributed by atoms with Gasteiger partial charge in [0.25, 0.3) is 0 Å². The Labute approximate surface area is 126 Å². The lowest BCUT2D eigenvalue weighted by atomic mass is 9.92. The smallest absolute Gasteiger partial charge is 0.226 e. The molecule has 0 bridgehead atoms. The van der Waals surface area contributed by atoms with Crippen LogP contribution in [0.3, 0.4) is 0 Å². The Morgan fingerprint density at radius 3 is 3.05 bits per heavy atom. The summed E-state index contributed by atoms with van der Waals surface area (Å²) in [7, 11) is 0. The van der Waals surface area contributed by atoms with Crippen LogP contribution in [-0.4, -0.2) is 45.5 Å². The van der Waals surface area contributed by atoms with Gasteiger partial charge in [0, 0.05) is 43.5 Å². The molecule has 3 atom stereocenters. The molecule has 0 aromatic carbocycles. The van der Waals surface area contributed by atoms with Crippen LogP contribution in [0.25, 0.3) is 0 Å². The molecule has 2 saturated heterocycles. The molecule has 2 aliphatic heterocycles. The first kappa shape index (κ1) is 14.6. The summed E-state index contributed by atoms with van der Waals surface area (Å²) in [4.78, 5) is 19.3. The van der Waals surface area contributed by atoms with Crippen molar-refractivity contribution < 1.29 is 4.79 Å². The minimum atomic E-state index is 0.214. The maximum Gasteiger partial charge on any atom is 0.226 e. The molecule has 2 aliphatic rings. The molecule has 0 spiro atoms. The maximum absolute atomic E-state index is 12.8. The highest BCUT2D eigenvalue weighted by atomic mass is 16.2. The van der Waals surface area contributed by atoms with Crippen molar-refractivity contribution in [3.8, 4) is 0 Å². The van der Waals surface area contributed by atoms with E-state index < -0.39 is 0 Å². The lowest BCUT2D eigenvalue weighted by molar-refractivity contribution is -0.137. The lowest BCUT2D eigenvalue weighted by Crippen LogP contribution is -2.46. The molecule has 116 valence electrons. The molecule has 3 rings (SSSR count). The van der Waals surface area contributed by atoms with E-state index >= 15 is 0 Å². The molecule has 0 radical (unpaired) electrons. The number of carbonyl (C=O) groups is 1. The standard InChI is InChI=1S/C16H26N4O/c1-12-10-14(5-6-17-12)16(21)20-8-3-4-15(20)11-19-9-7-18-13(19)2/h7,9,12,14-15,17H,3-6,8,10-11H2,1-2H3/t12-,14-,15?/m0/s1. The number of amides is 1. The van der Waals surface area contributed by atoms with Crippen LogP contribution in [-0.2, 0) is 11.3 Å². The van der Waals surface area contributed by atoms with Crippen LogP contribution in [0.5, 0.6) is 0 Å². The van der Waals surface area contributed by atoms with Crippen LogP contribution in [0.15, 0.2) is 12.4 Å². The number of aromatic nitrogens is 2. The zero-order chi connectivity index (χ0) is 14.8. The highest BCUT2D eigenvalue weighted by Crippen LogP contribution is 2.26. The molecular formula is C16H26N4O. The lowest BCUT2D eigenvalue weighted by Gasteiger charge is -2.33. The Kier molecular flexibility index (Phi) is 4.29. The van der Waals surface area contributed by atoms with Crippen LogP contribution in [0, 0.1) is 12.8 Å². The number of nitrogens with zero attached hydrogens (tertiary/aromatic N) is 3. The van der Waals surface area contributed by atoms with E-state index in [4.69, 9.17) is 0 Å². The molecule has 1 unspecified atom stereocenters. The van der Waals surface area contributed by atoms with Crippen molar-refractivity contribution in [2.45, 2.75) is 58.2 Å². The first-order valence-corrected chi connectivity index (χ1v) is 8.16. The number of imidazole rings is 1. The molecule has 1 aromatic rings. The first-order chi connectivity index (χ1) is 10.1. The molecule has 2 fully saturated rings. The summed E-state index contributed by atoms with van der Waals surface area (Å²) < 4.78 is 2.17. The third kappa shape index (κ3) is 3.12. The second-order valence-electron chi connectivity index (χ2n) is 6.53. The Bertz CT molecular complexity index is 498. The van der Waals surface area contributed by atoms with Crippen molar-refractivity contribution >= 4 is 5.91 Å². The molecule has 1 amide bonds. The Morgan fingerprint density at radius 1 is 1.48 bits per heavy atom. The minimum Gasteiger partial charge on any atom is -0.338 e. The number of rotatable bonds is 3. The molecule has 1 aromatic heterocycles. The van der Waals surface area contributed by atoms with Crippen molar-refractivity contribution in [2.75, 3.05) is 13.1 Å². The van der Waals surface area contributed by atoms with Gasteiger partial charge in [-0.3, -0.25) is 4.79 Å². The first-order valence-electron chi connectivity index (χ1n) is 8.16. The fourth-order valence-corrected chi connectivity index (χ4v) is 3.73. The number of nitrogens with one attached hydrogen (secondary N) is 1. The molecule has 1 N–H and O–H groups in total. The zero-order valence-corrected chi connectivity index (χ0v) is 13.1. The highest BCUT2D eigenvalue weighted by Gasteiger charge is 2.34. The highest BCUT2D eigenvalue weighted by molar-refractivity contribution is 5.79. The average Bonchev–Trinajstić information content (AvgIpc) is 3.08. The molecule has 3 heterocycles. The van der Waals surface area contributed by atoms with E-state index in [1.165, 1.54) is 0 Å². The summed E-state index contributed by atoms with van der Waals surface area (Å²) >= 11 is 0. The third-order valence-electron chi connectivity index (χ3n) is 4.96. The fraction of sp³-hybridized carbons (Fsp3) is 0.750. The van der Waals surface area contributed by atoms with Gasteiger partial charge >= 0.3 is 0 Å². The quantitative estimate of drug-likeness (QED) is 0.919.